The van der Waals surface area contributed by atoms with Crippen LogP contribution in [0.25, 0.3) is 10.8 Å². The number of phenols is 1. The Hall–Kier alpha value is -4.51. The topological polar surface area (TPSA) is 255 Å². The van der Waals surface area contributed by atoms with E-state index in [1.165, 1.54) is 24.3 Å². The van der Waals surface area contributed by atoms with Gasteiger partial charge in [-0.3, -0.25) is 9.11 Å². The minimum absolute atomic E-state index is 0.00749. The lowest BCUT2D eigenvalue weighted by Gasteiger charge is -2.15. The molecule has 1 aromatic heterocycles. The van der Waals surface area contributed by atoms with Crippen LogP contribution in [-0.2, 0) is 29.6 Å². The number of hydrogen-bond donors (Lipinski definition) is 6. The lowest BCUT2D eigenvalue weighted by molar-refractivity contribution is -0.432. The third kappa shape index (κ3) is 7.90. The lowest BCUT2D eigenvalue weighted by atomic mass is 10.1. The Morgan fingerprint density at radius 1 is 0.851 bits per heavy atom. The molecule has 0 aliphatic rings. The highest BCUT2D eigenvalue weighted by atomic mass is 35.5. The summed E-state index contributed by atoms with van der Waals surface area (Å²) in [5, 5.41) is 37.0. The van der Waals surface area contributed by atoms with Crippen LogP contribution in [0.3, 0.4) is 0 Å². The molecule has 0 fully saturated rings. The van der Waals surface area contributed by atoms with E-state index in [0.717, 1.165) is 23.8 Å². The second-order valence-electron chi connectivity index (χ2n) is 9.30. The predicted octanol–water partition coefficient (Wildman–Crippen LogP) is 6.52. The van der Waals surface area contributed by atoms with Crippen LogP contribution in [0, 0.1) is 6.92 Å². The molecule has 0 radical (unpaired) electrons. The van der Waals surface area contributed by atoms with Crippen LogP contribution in [0.5, 0.6) is 5.75 Å². The van der Waals surface area contributed by atoms with E-state index in [9.17, 15) is 31.0 Å². The summed E-state index contributed by atoms with van der Waals surface area (Å²) in [6, 6.07) is 15.5. The van der Waals surface area contributed by atoms with Gasteiger partial charge in [0.05, 0.1) is 27.5 Å². The fourth-order valence-corrected chi connectivity index (χ4v) is 6.02. The number of para-hydroxylation sites is 1. The van der Waals surface area contributed by atoms with Gasteiger partial charge in [-0.05, 0) is 65.9 Å². The number of nitrogens with one attached hydrogen (secondary N) is 2. The van der Waals surface area contributed by atoms with Gasteiger partial charge in [-0.1, -0.05) is 35.4 Å². The molecule has 17 nitrogen and oxygen atoms in total. The van der Waals surface area contributed by atoms with Crippen molar-refractivity contribution in [2.45, 2.75) is 21.6 Å². The van der Waals surface area contributed by atoms with E-state index in [2.05, 4.69) is 45.2 Å². The number of rotatable bonds is 11. The Balaban J connectivity index is 1.69. The number of nitrogens with zero attached hydrogens (tertiary/aromatic N) is 5. The van der Waals surface area contributed by atoms with Crippen LogP contribution in [0.2, 0.25) is 5.28 Å². The van der Waals surface area contributed by atoms with E-state index in [4.69, 9.17) is 16.9 Å². The van der Waals surface area contributed by atoms with Crippen LogP contribution in [0.1, 0.15) is 5.56 Å². The smallest absolute Gasteiger partial charge is 0.296 e. The monoisotopic (exact) mass is 721 g/mol. The van der Waals surface area contributed by atoms with E-state index in [-0.39, 0.29) is 49.9 Å². The van der Waals surface area contributed by atoms with E-state index < -0.39 is 35.8 Å². The first-order chi connectivity index (χ1) is 22.2. The Kier molecular flexibility index (Phi) is 9.86. The van der Waals surface area contributed by atoms with Crippen molar-refractivity contribution in [3.05, 3.63) is 77.6 Å². The van der Waals surface area contributed by atoms with Crippen molar-refractivity contribution in [3.63, 3.8) is 0 Å². The highest BCUT2D eigenvalue weighted by Gasteiger charge is 2.23. The Labute approximate surface area is 274 Å². The number of benzene rings is 4. The van der Waals surface area contributed by atoms with Crippen LogP contribution in [-0.4, -0.2) is 51.3 Å². The Morgan fingerprint density at radius 2 is 1.51 bits per heavy atom. The summed E-state index contributed by atoms with van der Waals surface area (Å²) < 4.78 is 72.1. The average Bonchev–Trinajstić information content (AvgIpc) is 2.99. The zero-order valence-corrected chi connectivity index (χ0v) is 26.6. The molecule has 6 N–H and O–H groups in total. The predicted molar refractivity (Wildman–Crippen MR) is 169 cm³/mol. The largest absolute Gasteiger partial charge is 0.505 e. The fourth-order valence-electron chi connectivity index (χ4n) is 4.20. The average molecular weight is 722 g/mol. The van der Waals surface area contributed by atoms with Crippen LogP contribution >= 0.6 is 23.6 Å². The summed E-state index contributed by atoms with van der Waals surface area (Å²) in [7, 11) is -9.55. The number of hydrogen-bond acceptors (Lipinski definition) is 16. The molecule has 0 aliphatic heterocycles. The first kappa shape index (κ1) is 33.8. The van der Waals surface area contributed by atoms with Gasteiger partial charge in [-0.15, -0.1) is 14.6 Å². The van der Waals surface area contributed by atoms with Crippen LogP contribution in [0.4, 0.5) is 34.6 Å². The Morgan fingerprint density at radius 3 is 2.17 bits per heavy atom. The van der Waals surface area contributed by atoms with Crippen LogP contribution < -0.4 is 10.6 Å². The second kappa shape index (κ2) is 13.7. The number of aromatic hydroxyl groups is 1. The van der Waals surface area contributed by atoms with Gasteiger partial charge >= 0.3 is 0 Å². The second-order valence-corrected chi connectivity index (χ2v) is 13.2. The minimum Gasteiger partial charge on any atom is -0.505 e. The number of fused-ring (bicyclic) bond motifs is 1. The molecule has 0 unspecified atom stereocenters. The molecule has 1 heterocycles. The highest BCUT2D eigenvalue weighted by molar-refractivity contribution is 7.94. The molecule has 0 saturated heterocycles. The van der Waals surface area contributed by atoms with Gasteiger partial charge in [-0.25, -0.2) is 5.26 Å². The quantitative estimate of drug-likeness (QED) is 0.0279. The van der Waals surface area contributed by atoms with E-state index in [1.807, 2.05) is 19.1 Å². The van der Waals surface area contributed by atoms with E-state index in [1.54, 1.807) is 12.1 Å². The maximum absolute atomic E-state index is 12.2. The van der Waals surface area contributed by atoms with Crippen molar-refractivity contribution in [2.24, 2.45) is 10.2 Å². The van der Waals surface area contributed by atoms with Gasteiger partial charge in [0.25, 0.3) is 20.2 Å². The van der Waals surface area contributed by atoms with E-state index >= 15 is 0 Å². The summed E-state index contributed by atoms with van der Waals surface area (Å²) in [4.78, 5) is 11.0. The van der Waals surface area contributed by atoms with Crippen LogP contribution in [0.15, 0.2) is 91.6 Å². The summed E-state index contributed by atoms with van der Waals surface area (Å²) in [6.07, 6.45) is 0. The van der Waals surface area contributed by atoms with Crippen molar-refractivity contribution >= 4 is 89.3 Å². The normalized spacial score (nSPS) is 12.1. The standard InChI is InChI=1S/C26H20ClN7O10S3/c1-13-6-2-3-7-16(13)28-25-30-24(27)31-26(32-25)29-18-12-15(46(37,38)39)10-14-11-19(45-44-43-36)22(23(35)21(14)18)34-33-17-8-4-5-9-20(17)47(40,41)42/h2-12,35-36H,1H3,(H,37,38,39)(H,40,41,42)(H2,28,29,30,31,32). The SMILES string of the molecule is Cc1ccccc1Nc1nc(Cl)nc(Nc2cc(S(=O)(=O)O)cc3cc(SOOO)c(N=Nc4ccccc4S(=O)(=O)O)c(O)c23)n1. The molecule has 5 rings (SSSR count). The third-order valence-corrected chi connectivity index (χ3v) is 8.74. The van der Waals surface area contributed by atoms with Crippen molar-refractivity contribution in [1.82, 2.24) is 15.0 Å². The molecule has 0 bridgehead atoms. The summed E-state index contributed by atoms with van der Waals surface area (Å²) >= 11 is 6.46. The summed E-state index contributed by atoms with van der Waals surface area (Å²) in [5.41, 5.74) is 0.644. The summed E-state index contributed by atoms with van der Waals surface area (Å²) in [5.74, 6) is -0.884. The molecule has 5 aromatic rings. The van der Waals surface area contributed by atoms with Crippen molar-refractivity contribution in [3.8, 4) is 5.75 Å². The molecule has 0 spiro atoms. The number of aryl methyl sites for hydroxylation is 1. The molecular weight excluding hydrogens is 702 g/mol. The molecule has 0 atom stereocenters. The van der Waals surface area contributed by atoms with Crippen molar-refractivity contribution in [2.75, 3.05) is 10.6 Å². The van der Waals surface area contributed by atoms with Gasteiger partial charge in [0, 0.05) is 11.1 Å². The van der Waals surface area contributed by atoms with Gasteiger partial charge in [0.2, 0.25) is 17.2 Å². The van der Waals surface area contributed by atoms with Gasteiger partial charge in [0.15, 0.2) is 5.75 Å². The van der Waals surface area contributed by atoms with Gasteiger partial charge < -0.3 is 15.7 Å². The Bertz CT molecular complexity index is 2260. The number of aromatic nitrogens is 3. The first-order valence-corrected chi connectivity index (χ1v) is 16.7. The number of halogens is 1. The molecule has 21 heteroatoms. The molecule has 244 valence electrons. The number of azo groups is 1. The van der Waals surface area contributed by atoms with Gasteiger partial charge in [-0.2, -0.15) is 31.8 Å². The fraction of sp³-hybridized carbons (Fsp3) is 0.0385. The zero-order valence-electron chi connectivity index (χ0n) is 23.4. The molecule has 47 heavy (non-hydrogen) atoms. The lowest BCUT2D eigenvalue weighted by Crippen LogP contribution is -2.06. The molecule has 0 saturated carbocycles. The van der Waals surface area contributed by atoms with Crippen molar-refractivity contribution < 1.29 is 45.7 Å². The molecule has 0 aliphatic carbocycles. The molecule has 4 aromatic carbocycles. The number of anilines is 4. The third-order valence-electron chi connectivity index (χ3n) is 6.22. The first-order valence-electron chi connectivity index (χ1n) is 12.7. The minimum atomic E-state index is -4.83. The van der Waals surface area contributed by atoms with Crippen molar-refractivity contribution in [1.29, 1.82) is 0 Å². The highest BCUT2D eigenvalue weighted by Crippen LogP contribution is 2.47. The van der Waals surface area contributed by atoms with E-state index in [0.29, 0.717) is 17.7 Å². The number of phenolic OH excluding ortho intramolecular Hbond substituents is 1. The molecular formula is C26H20ClN7O10S3. The summed E-state index contributed by atoms with van der Waals surface area (Å²) in [6.45, 7) is 1.85. The maximum Gasteiger partial charge on any atom is 0.296 e. The maximum atomic E-state index is 12.2. The molecule has 0 amide bonds. The van der Waals surface area contributed by atoms with Gasteiger partial charge in [0.1, 0.15) is 16.3 Å². The zero-order chi connectivity index (χ0) is 33.9.